The largest absolute Gasteiger partial charge is 0.508 e. The lowest BCUT2D eigenvalue weighted by Crippen LogP contribution is -2.54. The SMILES string of the molecule is CC(C)CC(NC(=O)C(CC(C)C)NC(=O)CNC(=O)CNC(=O)C(N)Cc1ccc(O)cc1)C(=O)O. The Morgan fingerprint density at radius 3 is 1.86 bits per heavy atom. The lowest BCUT2D eigenvalue weighted by molar-refractivity contribution is -0.142. The predicted molar refractivity (Wildman–Crippen MR) is 136 cm³/mol. The monoisotopic (exact) mass is 521 g/mol. The number of amides is 4. The first kappa shape index (κ1) is 31.4. The number of benzene rings is 1. The van der Waals surface area contributed by atoms with E-state index in [0.717, 1.165) is 5.56 Å². The third-order valence-corrected chi connectivity index (χ3v) is 5.28. The van der Waals surface area contributed by atoms with Gasteiger partial charge in [-0.1, -0.05) is 39.8 Å². The molecule has 1 aromatic carbocycles. The molecule has 0 heterocycles. The van der Waals surface area contributed by atoms with Crippen LogP contribution in [0.25, 0.3) is 0 Å². The molecule has 0 aliphatic heterocycles. The van der Waals surface area contributed by atoms with Crippen LogP contribution in [-0.2, 0) is 30.4 Å². The summed E-state index contributed by atoms with van der Waals surface area (Å²) in [6.45, 7) is 6.54. The van der Waals surface area contributed by atoms with E-state index in [1.165, 1.54) is 12.1 Å². The summed E-state index contributed by atoms with van der Waals surface area (Å²) in [4.78, 5) is 60.8. The molecule has 1 aromatic rings. The Kier molecular flexibility index (Phi) is 13.1. The molecule has 37 heavy (non-hydrogen) atoms. The second-order valence-electron chi connectivity index (χ2n) is 9.75. The van der Waals surface area contributed by atoms with Gasteiger partial charge in [0.25, 0.3) is 0 Å². The Balaban J connectivity index is 2.53. The molecule has 0 saturated heterocycles. The lowest BCUT2D eigenvalue weighted by Gasteiger charge is -2.23. The second-order valence-corrected chi connectivity index (χ2v) is 9.75. The molecule has 0 spiro atoms. The summed E-state index contributed by atoms with van der Waals surface area (Å²) in [6, 6.07) is 3.24. The Labute approximate surface area is 216 Å². The van der Waals surface area contributed by atoms with Gasteiger partial charge < -0.3 is 37.2 Å². The average Bonchev–Trinajstić information content (AvgIpc) is 2.81. The highest BCUT2D eigenvalue weighted by atomic mass is 16.4. The van der Waals surface area contributed by atoms with Crippen molar-refractivity contribution in [3.63, 3.8) is 0 Å². The number of hydrogen-bond donors (Lipinski definition) is 7. The van der Waals surface area contributed by atoms with E-state index in [4.69, 9.17) is 5.73 Å². The van der Waals surface area contributed by atoms with Gasteiger partial charge >= 0.3 is 5.97 Å². The van der Waals surface area contributed by atoms with Crippen LogP contribution in [0.1, 0.15) is 46.1 Å². The third kappa shape index (κ3) is 12.7. The summed E-state index contributed by atoms with van der Waals surface area (Å²) in [6.07, 6.45) is 0.716. The summed E-state index contributed by atoms with van der Waals surface area (Å²) >= 11 is 0. The summed E-state index contributed by atoms with van der Waals surface area (Å²) in [5, 5.41) is 28.4. The van der Waals surface area contributed by atoms with Crippen molar-refractivity contribution in [3.8, 4) is 5.75 Å². The zero-order chi connectivity index (χ0) is 28.1. The highest BCUT2D eigenvalue weighted by molar-refractivity contribution is 5.93. The number of aromatic hydroxyl groups is 1. The van der Waals surface area contributed by atoms with Crippen LogP contribution in [-0.4, -0.2) is 71.0 Å². The standard InChI is InChI=1S/C25H39N5O7/c1-14(2)9-19(24(35)30-20(25(36)37)10-15(3)4)29-22(33)13-27-21(32)12-28-23(34)18(26)11-16-5-7-17(31)8-6-16/h5-8,14-15,18-20,31H,9-13,26H2,1-4H3,(H,27,32)(H,28,34)(H,29,33)(H,30,35)(H,36,37). The first-order valence-corrected chi connectivity index (χ1v) is 12.2. The van der Waals surface area contributed by atoms with Gasteiger partial charge in [0.2, 0.25) is 23.6 Å². The van der Waals surface area contributed by atoms with Gasteiger partial charge in [-0.05, 0) is 48.8 Å². The smallest absolute Gasteiger partial charge is 0.326 e. The normalized spacial score (nSPS) is 13.4. The van der Waals surface area contributed by atoms with Crippen molar-refractivity contribution >= 4 is 29.6 Å². The van der Waals surface area contributed by atoms with Crippen LogP contribution >= 0.6 is 0 Å². The maximum atomic E-state index is 12.7. The molecule has 3 unspecified atom stereocenters. The molecular weight excluding hydrogens is 482 g/mol. The van der Waals surface area contributed by atoms with E-state index in [1.54, 1.807) is 12.1 Å². The third-order valence-electron chi connectivity index (χ3n) is 5.28. The molecule has 0 aliphatic carbocycles. The van der Waals surface area contributed by atoms with Crippen molar-refractivity contribution in [2.45, 2.75) is 65.1 Å². The van der Waals surface area contributed by atoms with Gasteiger partial charge in [-0.2, -0.15) is 0 Å². The predicted octanol–water partition coefficient (Wildman–Crippen LogP) is -0.359. The molecule has 206 valence electrons. The molecular formula is C25H39N5O7. The molecule has 0 fully saturated rings. The molecule has 4 amide bonds. The van der Waals surface area contributed by atoms with Gasteiger partial charge in [-0.25, -0.2) is 4.79 Å². The molecule has 0 saturated carbocycles. The van der Waals surface area contributed by atoms with Crippen LogP contribution in [0.5, 0.6) is 5.75 Å². The molecule has 12 heteroatoms. The van der Waals surface area contributed by atoms with Crippen LogP contribution in [0.15, 0.2) is 24.3 Å². The Hall–Kier alpha value is -3.67. The highest BCUT2D eigenvalue weighted by Crippen LogP contribution is 2.11. The number of nitrogens with two attached hydrogens (primary N) is 1. The number of carbonyl (C=O) groups excluding carboxylic acids is 4. The van der Waals surface area contributed by atoms with Crippen molar-refractivity contribution in [1.29, 1.82) is 0 Å². The van der Waals surface area contributed by atoms with E-state index >= 15 is 0 Å². The number of nitrogens with one attached hydrogen (secondary N) is 4. The summed E-state index contributed by atoms with van der Waals surface area (Å²) in [5.41, 5.74) is 6.59. The molecule has 12 nitrogen and oxygen atoms in total. The molecule has 3 atom stereocenters. The van der Waals surface area contributed by atoms with E-state index < -0.39 is 60.8 Å². The van der Waals surface area contributed by atoms with Crippen LogP contribution in [0, 0.1) is 11.8 Å². The van der Waals surface area contributed by atoms with E-state index in [-0.39, 0.29) is 36.8 Å². The fraction of sp³-hybridized carbons (Fsp3) is 0.560. The van der Waals surface area contributed by atoms with Crippen molar-refractivity contribution in [3.05, 3.63) is 29.8 Å². The zero-order valence-corrected chi connectivity index (χ0v) is 21.7. The maximum Gasteiger partial charge on any atom is 0.326 e. The van der Waals surface area contributed by atoms with Gasteiger partial charge in [0, 0.05) is 0 Å². The zero-order valence-electron chi connectivity index (χ0n) is 21.7. The minimum absolute atomic E-state index is 0.0278. The number of carbonyl (C=O) groups is 5. The van der Waals surface area contributed by atoms with Crippen LogP contribution in [0.3, 0.4) is 0 Å². The number of hydrogen-bond acceptors (Lipinski definition) is 7. The highest BCUT2D eigenvalue weighted by Gasteiger charge is 2.27. The van der Waals surface area contributed by atoms with Crippen molar-refractivity contribution < 1.29 is 34.2 Å². The minimum atomic E-state index is -1.16. The van der Waals surface area contributed by atoms with Gasteiger partial charge in [0.15, 0.2) is 0 Å². The van der Waals surface area contributed by atoms with Crippen LogP contribution in [0.4, 0.5) is 0 Å². The Morgan fingerprint density at radius 1 is 0.784 bits per heavy atom. The lowest BCUT2D eigenvalue weighted by atomic mass is 10.0. The minimum Gasteiger partial charge on any atom is -0.508 e. The Morgan fingerprint density at radius 2 is 1.32 bits per heavy atom. The van der Waals surface area contributed by atoms with Gasteiger partial charge in [0.1, 0.15) is 17.8 Å². The number of rotatable bonds is 15. The number of carboxylic acids is 1. The number of carboxylic acid groups (broad SMARTS) is 1. The molecule has 0 radical (unpaired) electrons. The fourth-order valence-electron chi connectivity index (χ4n) is 3.43. The van der Waals surface area contributed by atoms with Crippen LogP contribution < -0.4 is 27.0 Å². The summed E-state index contributed by atoms with van der Waals surface area (Å²) < 4.78 is 0. The van der Waals surface area contributed by atoms with Gasteiger partial charge in [0.05, 0.1) is 19.1 Å². The van der Waals surface area contributed by atoms with E-state index in [2.05, 4.69) is 21.3 Å². The second kappa shape index (κ2) is 15.4. The van der Waals surface area contributed by atoms with Crippen LogP contribution in [0.2, 0.25) is 0 Å². The summed E-state index contributed by atoms with van der Waals surface area (Å²) in [7, 11) is 0. The van der Waals surface area contributed by atoms with Crippen molar-refractivity contribution in [1.82, 2.24) is 21.3 Å². The molecule has 0 aromatic heterocycles. The van der Waals surface area contributed by atoms with Crippen molar-refractivity contribution in [2.24, 2.45) is 17.6 Å². The quantitative estimate of drug-likeness (QED) is 0.162. The summed E-state index contributed by atoms with van der Waals surface area (Å²) in [5.74, 6) is -3.44. The van der Waals surface area contributed by atoms with E-state index in [0.29, 0.717) is 0 Å². The van der Waals surface area contributed by atoms with E-state index in [1.807, 2.05) is 27.7 Å². The van der Waals surface area contributed by atoms with E-state index in [9.17, 15) is 34.2 Å². The molecule has 8 N–H and O–H groups in total. The molecule has 0 bridgehead atoms. The Bertz CT molecular complexity index is 934. The first-order chi connectivity index (χ1) is 17.3. The molecule has 0 aliphatic rings. The first-order valence-electron chi connectivity index (χ1n) is 12.2. The number of phenolic OH excluding ortho intramolecular Hbond substituents is 1. The maximum absolute atomic E-state index is 12.7. The fourth-order valence-corrected chi connectivity index (χ4v) is 3.43. The van der Waals surface area contributed by atoms with Gasteiger partial charge in [-0.3, -0.25) is 19.2 Å². The van der Waals surface area contributed by atoms with Gasteiger partial charge in [-0.15, -0.1) is 0 Å². The number of aliphatic carboxylic acids is 1. The number of phenols is 1. The molecule has 1 rings (SSSR count). The van der Waals surface area contributed by atoms with Crippen molar-refractivity contribution in [2.75, 3.05) is 13.1 Å². The topological polar surface area (TPSA) is 200 Å². The average molecular weight is 522 g/mol.